The minimum atomic E-state index is -0.136. The molecule has 1 amide bonds. The zero-order valence-electron chi connectivity index (χ0n) is 13.8. The normalized spacial score (nSPS) is 19.0. The number of benzene rings is 1. The van der Waals surface area contributed by atoms with Crippen LogP contribution in [0, 0.1) is 0 Å². The number of rotatable bonds is 7. The first kappa shape index (κ1) is 16.5. The number of carbonyl (C=O) groups is 1. The molecule has 0 saturated heterocycles. The van der Waals surface area contributed by atoms with E-state index in [0.717, 1.165) is 6.42 Å². The molecule has 3 rings (SSSR count). The van der Waals surface area contributed by atoms with Crippen molar-refractivity contribution >= 4 is 5.91 Å². The molecule has 1 aliphatic carbocycles. The standard InChI is InChI=1S/C19H22N2O3/c1-2-24-11-10-21-13-15(8-9-18(21)22)19(23)20-17-12-16(17)14-6-4-3-5-7-14/h3-9,13,16-17H,2,10-12H2,1H3,(H,20,23)/t16-,17+/m1/s1. The van der Waals surface area contributed by atoms with Crippen LogP contribution in [0.2, 0.25) is 0 Å². The van der Waals surface area contributed by atoms with Gasteiger partial charge in [-0.3, -0.25) is 9.59 Å². The molecule has 126 valence electrons. The second-order valence-electron chi connectivity index (χ2n) is 5.98. The zero-order chi connectivity index (χ0) is 16.9. The van der Waals surface area contributed by atoms with Crippen LogP contribution < -0.4 is 10.9 Å². The molecule has 0 spiro atoms. The number of amides is 1. The van der Waals surface area contributed by atoms with E-state index in [2.05, 4.69) is 17.4 Å². The van der Waals surface area contributed by atoms with Crippen molar-refractivity contribution in [3.05, 3.63) is 70.1 Å². The van der Waals surface area contributed by atoms with Crippen LogP contribution in [0.5, 0.6) is 0 Å². The predicted molar refractivity (Wildman–Crippen MR) is 92.2 cm³/mol. The molecule has 0 bridgehead atoms. The largest absolute Gasteiger partial charge is 0.380 e. The maximum atomic E-state index is 12.4. The van der Waals surface area contributed by atoms with Crippen LogP contribution in [0.4, 0.5) is 0 Å². The lowest BCUT2D eigenvalue weighted by Crippen LogP contribution is -2.29. The Balaban J connectivity index is 1.61. The van der Waals surface area contributed by atoms with E-state index in [0.29, 0.717) is 31.2 Å². The summed E-state index contributed by atoms with van der Waals surface area (Å²) in [6.45, 7) is 3.42. The van der Waals surface area contributed by atoms with Gasteiger partial charge in [0.1, 0.15) is 0 Å². The summed E-state index contributed by atoms with van der Waals surface area (Å²) >= 11 is 0. The summed E-state index contributed by atoms with van der Waals surface area (Å²) in [4.78, 5) is 24.2. The highest BCUT2D eigenvalue weighted by Crippen LogP contribution is 2.40. The molecule has 1 saturated carbocycles. The van der Waals surface area contributed by atoms with Crippen LogP contribution in [-0.2, 0) is 11.3 Å². The lowest BCUT2D eigenvalue weighted by atomic mass is 10.1. The molecule has 1 heterocycles. The van der Waals surface area contributed by atoms with Crippen molar-refractivity contribution in [2.45, 2.75) is 31.8 Å². The molecule has 1 aromatic heterocycles. The van der Waals surface area contributed by atoms with Crippen LogP contribution in [-0.4, -0.2) is 29.7 Å². The van der Waals surface area contributed by atoms with Gasteiger partial charge in [0.05, 0.1) is 12.2 Å². The first-order valence-corrected chi connectivity index (χ1v) is 8.33. The third-order valence-corrected chi connectivity index (χ3v) is 4.26. The van der Waals surface area contributed by atoms with Crippen LogP contribution >= 0.6 is 0 Å². The maximum absolute atomic E-state index is 12.4. The maximum Gasteiger partial charge on any atom is 0.253 e. The lowest BCUT2D eigenvalue weighted by molar-refractivity contribution is 0.0948. The Morgan fingerprint density at radius 1 is 1.25 bits per heavy atom. The van der Waals surface area contributed by atoms with Gasteiger partial charge in [-0.05, 0) is 25.0 Å². The van der Waals surface area contributed by atoms with Gasteiger partial charge in [-0.2, -0.15) is 0 Å². The summed E-state index contributed by atoms with van der Waals surface area (Å²) in [5.74, 6) is 0.252. The van der Waals surface area contributed by atoms with Gasteiger partial charge in [-0.1, -0.05) is 30.3 Å². The first-order chi connectivity index (χ1) is 11.7. The van der Waals surface area contributed by atoms with E-state index in [1.165, 1.54) is 16.2 Å². The minimum absolute atomic E-state index is 0.125. The van der Waals surface area contributed by atoms with E-state index in [4.69, 9.17) is 4.74 Å². The molecule has 5 heteroatoms. The van der Waals surface area contributed by atoms with Crippen LogP contribution in [0.15, 0.2) is 53.5 Å². The Morgan fingerprint density at radius 3 is 2.79 bits per heavy atom. The monoisotopic (exact) mass is 326 g/mol. The van der Waals surface area contributed by atoms with Gasteiger partial charge in [0, 0.05) is 37.4 Å². The summed E-state index contributed by atoms with van der Waals surface area (Å²) in [7, 11) is 0. The molecule has 0 radical (unpaired) electrons. The van der Waals surface area contributed by atoms with Gasteiger partial charge in [0.2, 0.25) is 0 Å². The van der Waals surface area contributed by atoms with Crippen molar-refractivity contribution in [2.75, 3.05) is 13.2 Å². The number of hydrogen-bond donors (Lipinski definition) is 1. The van der Waals surface area contributed by atoms with Crippen LogP contribution in [0.1, 0.15) is 35.2 Å². The van der Waals surface area contributed by atoms with Gasteiger partial charge in [-0.15, -0.1) is 0 Å². The van der Waals surface area contributed by atoms with Crippen molar-refractivity contribution < 1.29 is 9.53 Å². The Labute approximate surface area is 141 Å². The summed E-state index contributed by atoms with van der Waals surface area (Å²) in [5, 5.41) is 3.05. The van der Waals surface area contributed by atoms with Crippen LogP contribution in [0.25, 0.3) is 0 Å². The fourth-order valence-corrected chi connectivity index (χ4v) is 2.82. The van der Waals surface area contributed by atoms with E-state index in [9.17, 15) is 9.59 Å². The zero-order valence-corrected chi connectivity index (χ0v) is 13.8. The SMILES string of the molecule is CCOCCn1cc(C(=O)N[C@H]2C[C@@H]2c2ccccc2)ccc1=O. The molecule has 1 aliphatic rings. The molecule has 1 aromatic carbocycles. The predicted octanol–water partition coefficient (Wildman–Crippen LogP) is 2.17. The summed E-state index contributed by atoms with van der Waals surface area (Å²) in [5.41, 5.74) is 1.63. The van der Waals surface area contributed by atoms with Gasteiger partial charge in [-0.25, -0.2) is 0 Å². The molecule has 1 N–H and O–H groups in total. The highest BCUT2D eigenvalue weighted by Gasteiger charge is 2.39. The second-order valence-corrected chi connectivity index (χ2v) is 5.98. The molecule has 0 aliphatic heterocycles. The molecule has 24 heavy (non-hydrogen) atoms. The quantitative estimate of drug-likeness (QED) is 0.793. The van der Waals surface area contributed by atoms with E-state index >= 15 is 0 Å². The fourth-order valence-electron chi connectivity index (χ4n) is 2.82. The Morgan fingerprint density at radius 2 is 2.04 bits per heavy atom. The number of nitrogens with one attached hydrogen (secondary N) is 1. The molecule has 1 fully saturated rings. The minimum Gasteiger partial charge on any atom is -0.380 e. The van der Waals surface area contributed by atoms with Crippen molar-refractivity contribution in [3.63, 3.8) is 0 Å². The van der Waals surface area contributed by atoms with Gasteiger partial charge in [0.15, 0.2) is 0 Å². The number of carbonyl (C=O) groups excluding carboxylic acids is 1. The van der Waals surface area contributed by atoms with Crippen molar-refractivity contribution in [1.29, 1.82) is 0 Å². The highest BCUT2D eigenvalue weighted by molar-refractivity contribution is 5.94. The third kappa shape index (κ3) is 3.92. The van der Waals surface area contributed by atoms with Crippen molar-refractivity contribution in [3.8, 4) is 0 Å². The molecular formula is C19H22N2O3. The van der Waals surface area contributed by atoms with E-state index in [1.54, 1.807) is 12.3 Å². The Kier molecular flexibility index (Phi) is 5.11. The number of pyridine rings is 1. The Hall–Kier alpha value is -2.40. The molecular weight excluding hydrogens is 304 g/mol. The molecule has 2 aromatic rings. The topological polar surface area (TPSA) is 60.3 Å². The average Bonchev–Trinajstić information content (AvgIpc) is 3.36. The van der Waals surface area contributed by atoms with Crippen LogP contribution in [0.3, 0.4) is 0 Å². The number of hydrogen-bond acceptors (Lipinski definition) is 3. The summed E-state index contributed by atoms with van der Waals surface area (Å²) < 4.78 is 6.79. The number of aromatic nitrogens is 1. The molecule has 5 nitrogen and oxygen atoms in total. The second kappa shape index (κ2) is 7.45. The summed E-state index contributed by atoms with van der Waals surface area (Å²) in [6, 6.07) is 13.4. The lowest BCUT2D eigenvalue weighted by Gasteiger charge is -2.09. The number of ether oxygens (including phenoxy) is 1. The molecule has 0 unspecified atom stereocenters. The van der Waals surface area contributed by atoms with E-state index < -0.39 is 0 Å². The van der Waals surface area contributed by atoms with Gasteiger partial charge >= 0.3 is 0 Å². The van der Waals surface area contributed by atoms with E-state index in [1.807, 2.05) is 25.1 Å². The third-order valence-electron chi connectivity index (χ3n) is 4.26. The molecule has 2 atom stereocenters. The van der Waals surface area contributed by atoms with Crippen molar-refractivity contribution in [1.82, 2.24) is 9.88 Å². The highest BCUT2D eigenvalue weighted by atomic mass is 16.5. The van der Waals surface area contributed by atoms with Gasteiger partial charge < -0.3 is 14.6 Å². The number of nitrogens with zero attached hydrogens (tertiary/aromatic N) is 1. The van der Waals surface area contributed by atoms with Crippen molar-refractivity contribution in [2.24, 2.45) is 0 Å². The van der Waals surface area contributed by atoms with Gasteiger partial charge in [0.25, 0.3) is 11.5 Å². The Bertz CT molecular complexity index is 755. The smallest absolute Gasteiger partial charge is 0.253 e. The van der Waals surface area contributed by atoms with E-state index in [-0.39, 0.29) is 17.5 Å². The average molecular weight is 326 g/mol. The summed E-state index contributed by atoms with van der Waals surface area (Å²) in [6.07, 6.45) is 2.57. The first-order valence-electron chi connectivity index (χ1n) is 8.33. The fraction of sp³-hybridized carbons (Fsp3) is 0.368.